The van der Waals surface area contributed by atoms with E-state index in [1.54, 1.807) is 13.0 Å². The molecule has 0 saturated heterocycles. The maximum absolute atomic E-state index is 11.9. The Balaban J connectivity index is 2.58. The minimum Gasteiger partial charge on any atom is -0.352 e. The molecule has 1 rings (SSSR count). The lowest BCUT2D eigenvalue weighted by molar-refractivity contribution is -0.121. The van der Waals surface area contributed by atoms with Gasteiger partial charge in [0, 0.05) is 13.1 Å². The maximum atomic E-state index is 11.9. The predicted molar refractivity (Wildman–Crippen MR) is 62.4 cm³/mol. The molecule has 96 valence electrons. The lowest BCUT2D eigenvalue weighted by Gasteiger charge is -2.19. The SMILES string of the molecule is CCC(C#N)S(=O)(=O)N(C)CC(=O)NC1CC1. The first-order chi connectivity index (χ1) is 7.91. The molecule has 1 atom stereocenters. The van der Waals surface area contributed by atoms with E-state index in [9.17, 15) is 13.2 Å². The van der Waals surface area contributed by atoms with Crippen molar-refractivity contribution < 1.29 is 13.2 Å². The largest absolute Gasteiger partial charge is 0.352 e. The number of likely N-dealkylation sites (N-methyl/N-ethyl adjacent to an activating group) is 1. The van der Waals surface area contributed by atoms with Crippen molar-refractivity contribution in [2.75, 3.05) is 13.6 Å². The van der Waals surface area contributed by atoms with Gasteiger partial charge in [-0.3, -0.25) is 4.79 Å². The number of hydrogen-bond donors (Lipinski definition) is 1. The standard InChI is InChI=1S/C10H17N3O3S/c1-3-9(6-11)17(15,16)13(2)7-10(14)12-8-4-5-8/h8-9H,3-5,7H2,1-2H3,(H,12,14). The van der Waals surface area contributed by atoms with Crippen molar-refractivity contribution in [3.8, 4) is 6.07 Å². The number of amides is 1. The van der Waals surface area contributed by atoms with Gasteiger partial charge in [0.2, 0.25) is 15.9 Å². The number of carbonyl (C=O) groups excluding carboxylic acids is 1. The average molecular weight is 259 g/mol. The van der Waals surface area contributed by atoms with Crippen molar-refractivity contribution in [1.82, 2.24) is 9.62 Å². The van der Waals surface area contributed by atoms with Gasteiger partial charge >= 0.3 is 0 Å². The van der Waals surface area contributed by atoms with Crippen LogP contribution in [0.15, 0.2) is 0 Å². The Labute approximate surface area is 102 Å². The third-order valence-electron chi connectivity index (χ3n) is 2.62. The second-order valence-electron chi connectivity index (χ2n) is 4.17. The van der Waals surface area contributed by atoms with E-state index in [1.165, 1.54) is 7.05 Å². The van der Waals surface area contributed by atoms with Gasteiger partial charge in [0.25, 0.3) is 0 Å². The predicted octanol–water partition coefficient (Wildman–Crippen LogP) is -0.171. The molecule has 0 aromatic rings. The summed E-state index contributed by atoms with van der Waals surface area (Å²) in [5, 5.41) is 10.4. The fourth-order valence-electron chi connectivity index (χ4n) is 1.38. The Morgan fingerprint density at radius 3 is 2.59 bits per heavy atom. The number of rotatable bonds is 6. The van der Waals surface area contributed by atoms with Crippen LogP contribution in [0.5, 0.6) is 0 Å². The van der Waals surface area contributed by atoms with E-state index < -0.39 is 15.3 Å². The van der Waals surface area contributed by atoms with E-state index >= 15 is 0 Å². The molecule has 1 amide bonds. The number of nitriles is 1. The van der Waals surface area contributed by atoms with Crippen LogP contribution >= 0.6 is 0 Å². The second kappa shape index (κ2) is 5.47. The van der Waals surface area contributed by atoms with Crippen molar-refractivity contribution in [3.05, 3.63) is 0 Å². The molecule has 1 saturated carbocycles. The molecule has 1 aliphatic carbocycles. The molecule has 0 bridgehead atoms. The lowest BCUT2D eigenvalue weighted by Crippen LogP contribution is -2.42. The highest BCUT2D eigenvalue weighted by molar-refractivity contribution is 7.90. The first-order valence-corrected chi connectivity index (χ1v) is 7.06. The number of nitrogens with zero attached hydrogens (tertiary/aromatic N) is 2. The van der Waals surface area contributed by atoms with Gasteiger partial charge < -0.3 is 5.32 Å². The highest BCUT2D eigenvalue weighted by Gasteiger charge is 2.31. The van der Waals surface area contributed by atoms with Crippen molar-refractivity contribution in [2.24, 2.45) is 0 Å². The van der Waals surface area contributed by atoms with Gasteiger partial charge in [-0.2, -0.15) is 9.57 Å². The van der Waals surface area contributed by atoms with E-state index in [4.69, 9.17) is 5.26 Å². The van der Waals surface area contributed by atoms with Crippen molar-refractivity contribution >= 4 is 15.9 Å². The van der Waals surface area contributed by atoms with Crippen LogP contribution in [0.1, 0.15) is 26.2 Å². The van der Waals surface area contributed by atoms with Crippen LogP contribution in [0.2, 0.25) is 0 Å². The monoisotopic (exact) mass is 259 g/mol. The summed E-state index contributed by atoms with van der Waals surface area (Å²) >= 11 is 0. The van der Waals surface area contributed by atoms with E-state index in [2.05, 4.69) is 5.32 Å². The third kappa shape index (κ3) is 3.68. The zero-order valence-corrected chi connectivity index (χ0v) is 10.8. The van der Waals surface area contributed by atoms with E-state index in [1.807, 2.05) is 0 Å². The molecule has 0 aromatic heterocycles. The van der Waals surface area contributed by atoms with Crippen LogP contribution in [-0.4, -0.2) is 43.5 Å². The number of sulfonamides is 1. The summed E-state index contributed by atoms with van der Waals surface area (Å²) in [5.74, 6) is -0.314. The van der Waals surface area contributed by atoms with Crippen LogP contribution in [-0.2, 0) is 14.8 Å². The van der Waals surface area contributed by atoms with Crippen LogP contribution < -0.4 is 5.32 Å². The van der Waals surface area contributed by atoms with Crippen molar-refractivity contribution in [1.29, 1.82) is 5.26 Å². The summed E-state index contributed by atoms with van der Waals surface area (Å²) in [6.45, 7) is 1.40. The second-order valence-corrected chi connectivity index (χ2v) is 6.39. The minimum atomic E-state index is -3.70. The van der Waals surface area contributed by atoms with Gasteiger partial charge in [-0.05, 0) is 19.3 Å². The molecule has 7 heteroatoms. The van der Waals surface area contributed by atoms with Gasteiger partial charge in [-0.15, -0.1) is 0 Å². The molecule has 0 radical (unpaired) electrons. The quantitative estimate of drug-likeness (QED) is 0.717. The molecule has 0 aromatic carbocycles. The Morgan fingerprint density at radius 1 is 1.59 bits per heavy atom. The fourth-order valence-corrected chi connectivity index (χ4v) is 2.66. The highest BCUT2D eigenvalue weighted by Crippen LogP contribution is 2.18. The lowest BCUT2D eigenvalue weighted by atomic mass is 10.4. The summed E-state index contributed by atoms with van der Waals surface area (Å²) in [6, 6.07) is 1.94. The summed E-state index contributed by atoms with van der Waals surface area (Å²) < 4.78 is 24.7. The van der Waals surface area contributed by atoms with Crippen molar-refractivity contribution in [2.45, 2.75) is 37.5 Å². The van der Waals surface area contributed by atoms with E-state index in [-0.39, 0.29) is 24.9 Å². The normalized spacial score (nSPS) is 17.5. The Bertz CT molecular complexity index is 423. The fraction of sp³-hybridized carbons (Fsp3) is 0.800. The zero-order chi connectivity index (χ0) is 13.1. The van der Waals surface area contributed by atoms with Crippen LogP contribution in [0.3, 0.4) is 0 Å². The zero-order valence-electron chi connectivity index (χ0n) is 10.0. The summed E-state index contributed by atoms with van der Waals surface area (Å²) in [7, 11) is -2.38. The molecule has 0 heterocycles. The van der Waals surface area contributed by atoms with Gasteiger partial charge in [0.1, 0.15) is 0 Å². The molecule has 0 spiro atoms. The maximum Gasteiger partial charge on any atom is 0.235 e. The summed E-state index contributed by atoms with van der Waals surface area (Å²) in [6.07, 6.45) is 2.13. The van der Waals surface area contributed by atoms with Gasteiger partial charge in [-0.25, -0.2) is 8.42 Å². The average Bonchev–Trinajstić information content (AvgIpc) is 3.02. The molecule has 0 aliphatic heterocycles. The third-order valence-corrected chi connectivity index (χ3v) is 4.77. The van der Waals surface area contributed by atoms with Gasteiger partial charge in [0.15, 0.2) is 5.25 Å². The van der Waals surface area contributed by atoms with Gasteiger partial charge in [0.05, 0.1) is 12.6 Å². The molecule has 6 nitrogen and oxygen atoms in total. The Morgan fingerprint density at radius 2 is 2.18 bits per heavy atom. The first kappa shape index (κ1) is 13.9. The number of hydrogen-bond acceptors (Lipinski definition) is 4. The molecular weight excluding hydrogens is 242 g/mol. The van der Waals surface area contributed by atoms with Crippen LogP contribution in [0.4, 0.5) is 0 Å². The number of carbonyl (C=O) groups is 1. The summed E-state index contributed by atoms with van der Waals surface area (Å²) in [5.41, 5.74) is 0. The van der Waals surface area contributed by atoms with E-state index in [0.717, 1.165) is 17.1 Å². The Kier molecular flexibility index (Phi) is 4.48. The molecule has 1 unspecified atom stereocenters. The highest BCUT2D eigenvalue weighted by atomic mass is 32.2. The topological polar surface area (TPSA) is 90.3 Å². The minimum absolute atomic E-state index is 0.205. The van der Waals surface area contributed by atoms with Crippen LogP contribution in [0.25, 0.3) is 0 Å². The smallest absolute Gasteiger partial charge is 0.235 e. The molecular formula is C10H17N3O3S. The summed E-state index contributed by atoms with van der Waals surface area (Å²) in [4.78, 5) is 11.4. The van der Waals surface area contributed by atoms with Crippen molar-refractivity contribution in [3.63, 3.8) is 0 Å². The molecule has 17 heavy (non-hydrogen) atoms. The van der Waals surface area contributed by atoms with E-state index in [0.29, 0.717) is 0 Å². The van der Waals surface area contributed by atoms with Gasteiger partial charge in [-0.1, -0.05) is 6.92 Å². The first-order valence-electron chi connectivity index (χ1n) is 5.56. The van der Waals surface area contributed by atoms with Crippen LogP contribution in [0, 0.1) is 11.3 Å². The Hall–Kier alpha value is -1.13. The number of nitrogens with one attached hydrogen (secondary N) is 1. The molecule has 1 aliphatic rings. The molecule has 1 fully saturated rings. The molecule has 1 N–H and O–H groups in total.